The maximum absolute atomic E-state index is 13.2. The summed E-state index contributed by atoms with van der Waals surface area (Å²) in [6.07, 6.45) is 1.52. The zero-order valence-electron chi connectivity index (χ0n) is 14.9. The van der Waals surface area contributed by atoms with Crippen molar-refractivity contribution in [3.8, 4) is 0 Å². The summed E-state index contributed by atoms with van der Waals surface area (Å²) in [5, 5.41) is 10.1. The second-order valence-corrected chi connectivity index (χ2v) is 7.64. The molecule has 0 aromatic carbocycles. The maximum atomic E-state index is 13.2. The number of likely N-dealkylation sites (tertiary alicyclic amines) is 1. The first kappa shape index (κ1) is 17.8. The van der Waals surface area contributed by atoms with Gasteiger partial charge in [-0.25, -0.2) is 0 Å². The summed E-state index contributed by atoms with van der Waals surface area (Å²) >= 11 is 0. The first-order valence-electron chi connectivity index (χ1n) is 9.15. The minimum absolute atomic E-state index is 0.294. The standard InChI is InChI=1S/C17H25N3O6/c1-25-14(22)8-19-15(23)13-6-12(21)7-20(13)17(16(19)24)9-18(10-17)11-2-4-26-5-3-11/h11-13,21H,2-10H2,1H3. The maximum Gasteiger partial charge on any atom is 0.325 e. The molecule has 0 aromatic rings. The van der Waals surface area contributed by atoms with Gasteiger partial charge in [0.15, 0.2) is 0 Å². The second kappa shape index (κ2) is 6.56. The van der Waals surface area contributed by atoms with Crippen LogP contribution in [0.15, 0.2) is 0 Å². The molecular formula is C17H25N3O6. The lowest BCUT2D eigenvalue weighted by molar-refractivity contribution is -0.186. The smallest absolute Gasteiger partial charge is 0.325 e. The fourth-order valence-corrected chi connectivity index (χ4v) is 4.77. The van der Waals surface area contributed by atoms with Crippen molar-refractivity contribution in [2.75, 3.05) is 46.5 Å². The van der Waals surface area contributed by atoms with Crippen LogP contribution in [0.3, 0.4) is 0 Å². The summed E-state index contributed by atoms with van der Waals surface area (Å²) < 4.78 is 10.1. The Morgan fingerprint density at radius 3 is 2.65 bits per heavy atom. The Kier molecular flexibility index (Phi) is 4.50. The first-order chi connectivity index (χ1) is 12.5. The Hall–Kier alpha value is -1.55. The van der Waals surface area contributed by atoms with E-state index in [4.69, 9.17) is 4.74 Å². The number of ether oxygens (including phenoxy) is 2. The Labute approximate surface area is 151 Å². The minimum atomic E-state index is -0.831. The van der Waals surface area contributed by atoms with E-state index in [-0.39, 0.29) is 12.5 Å². The summed E-state index contributed by atoms with van der Waals surface area (Å²) in [7, 11) is 1.23. The van der Waals surface area contributed by atoms with Gasteiger partial charge in [0.1, 0.15) is 12.1 Å². The molecule has 2 amide bonds. The summed E-state index contributed by atoms with van der Waals surface area (Å²) in [6.45, 7) is 2.43. The average molecular weight is 367 g/mol. The molecule has 2 unspecified atom stereocenters. The third-order valence-corrected chi connectivity index (χ3v) is 6.17. The molecule has 9 nitrogen and oxygen atoms in total. The third-order valence-electron chi connectivity index (χ3n) is 6.17. The number of esters is 1. The summed E-state index contributed by atoms with van der Waals surface area (Å²) in [6, 6.07) is -0.177. The van der Waals surface area contributed by atoms with Crippen LogP contribution in [0.1, 0.15) is 19.3 Å². The zero-order valence-corrected chi connectivity index (χ0v) is 14.9. The number of carbonyl (C=O) groups excluding carboxylic acids is 3. The summed E-state index contributed by atoms with van der Waals surface area (Å²) in [5.74, 6) is -1.37. The number of amides is 2. The molecular weight excluding hydrogens is 342 g/mol. The monoisotopic (exact) mass is 367 g/mol. The lowest BCUT2D eigenvalue weighted by Gasteiger charge is -2.60. The fraction of sp³-hybridized carbons (Fsp3) is 0.824. The predicted octanol–water partition coefficient (Wildman–Crippen LogP) is -1.80. The number of carbonyl (C=O) groups is 3. The number of rotatable bonds is 3. The third kappa shape index (κ3) is 2.65. The number of nitrogens with zero attached hydrogens (tertiary/aromatic N) is 3. The van der Waals surface area contributed by atoms with Gasteiger partial charge in [0, 0.05) is 38.9 Å². The van der Waals surface area contributed by atoms with Crippen molar-refractivity contribution >= 4 is 17.8 Å². The molecule has 0 radical (unpaired) electrons. The van der Waals surface area contributed by atoms with Gasteiger partial charge in [-0.3, -0.25) is 29.1 Å². The highest BCUT2D eigenvalue weighted by atomic mass is 16.5. The predicted molar refractivity (Wildman–Crippen MR) is 88.0 cm³/mol. The van der Waals surface area contributed by atoms with E-state index in [0.717, 1.165) is 31.0 Å². The normalized spacial score (nSPS) is 32.6. The van der Waals surface area contributed by atoms with Crippen molar-refractivity contribution in [3.63, 3.8) is 0 Å². The van der Waals surface area contributed by atoms with Gasteiger partial charge in [0.25, 0.3) is 5.91 Å². The van der Waals surface area contributed by atoms with Crippen LogP contribution in [0.5, 0.6) is 0 Å². The van der Waals surface area contributed by atoms with Crippen LogP contribution >= 0.6 is 0 Å². The number of fused-ring (bicyclic) bond motifs is 2. The van der Waals surface area contributed by atoms with E-state index in [0.29, 0.717) is 32.1 Å². The lowest BCUT2D eigenvalue weighted by Crippen LogP contribution is -2.82. The number of β-amino-alcohol motifs (C(OH)–C–C–N with tert-alkyl or cyclic N) is 1. The van der Waals surface area contributed by atoms with Gasteiger partial charge in [-0.2, -0.15) is 0 Å². The second-order valence-electron chi connectivity index (χ2n) is 7.64. The van der Waals surface area contributed by atoms with Crippen molar-refractivity contribution in [1.29, 1.82) is 0 Å². The van der Waals surface area contributed by atoms with E-state index in [1.807, 2.05) is 4.90 Å². The topological polar surface area (TPSA) is 99.6 Å². The van der Waals surface area contributed by atoms with Crippen molar-refractivity contribution in [2.24, 2.45) is 0 Å². The molecule has 1 spiro atoms. The van der Waals surface area contributed by atoms with Crippen LogP contribution in [-0.2, 0) is 23.9 Å². The average Bonchev–Trinajstić information content (AvgIpc) is 3.00. The summed E-state index contributed by atoms with van der Waals surface area (Å²) in [5.41, 5.74) is -0.831. The number of hydrogen-bond donors (Lipinski definition) is 1. The molecule has 0 saturated carbocycles. The van der Waals surface area contributed by atoms with Gasteiger partial charge in [-0.15, -0.1) is 0 Å². The molecule has 0 aliphatic carbocycles. The molecule has 4 saturated heterocycles. The van der Waals surface area contributed by atoms with Crippen molar-refractivity contribution < 1.29 is 29.0 Å². The number of aliphatic hydroxyl groups is 1. The lowest BCUT2D eigenvalue weighted by atomic mass is 9.80. The van der Waals surface area contributed by atoms with E-state index in [9.17, 15) is 19.5 Å². The molecule has 0 bridgehead atoms. The van der Waals surface area contributed by atoms with E-state index in [1.54, 1.807) is 0 Å². The van der Waals surface area contributed by atoms with Crippen LogP contribution < -0.4 is 0 Å². The van der Waals surface area contributed by atoms with Crippen LogP contribution in [0.25, 0.3) is 0 Å². The van der Waals surface area contributed by atoms with Gasteiger partial charge in [-0.05, 0) is 19.3 Å². The number of methoxy groups -OCH3 is 1. The Morgan fingerprint density at radius 2 is 2.00 bits per heavy atom. The van der Waals surface area contributed by atoms with E-state index >= 15 is 0 Å². The van der Waals surface area contributed by atoms with Gasteiger partial charge in [-0.1, -0.05) is 0 Å². The van der Waals surface area contributed by atoms with E-state index < -0.39 is 29.6 Å². The molecule has 2 atom stereocenters. The number of piperazine rings is 1. The largest absolute Gasteiger partial charge is 0.468 e. The molecule has 144 valence electrons. The molecule has 0 aromatic heterocycles. The van der Waals surface area contributed by atoms with Crippen LogP contribution in [0, 0.1) is 0 Å². The minimum Gasteiger partial charge on any atom is -0.468 e. The highest BCUT2D eigenvalue weighted by Gasteiger charge is 2.65. The van der Waals surface area contributed by atoms with Crippen molar-refractivity contribution in [3.05, 3.63) is 0 Å². The van der Waals surface area contributed by atoms with Crippen molar-refractivity contribution in [1.82, 2.24) is 14.7 Å². The summed E-state index contributed by atoms with van der Waals surface area (Å²) in [4.78, 5) is 42.8. The van der Waals surface area contributed by atoms with Gasteiger partial charge >= 0.3 is 5.97 Å². The zero-order chi connectivity index (χ0) is 18.5. The molecule has 1 N–H and O–H groups in total. The Bertz CT molecular complexity index is 614. The van der Waals surface area contributed by atoms with Gasteiger partial charge in [0.2, 0.25) is 5.91 Å². The SMILES string of the molecule is COC(=O)CN1C(=O)C2CC(O)CN2C2(CN(C3CCOCC3)C2)C1=O. The highest BCUT2D eigenvalue weighted by molar-refractivity contribution is 6.07. The molecule has 9 heteroatoms. The number of imide groups is 1. The van der Waals surface area contributed by atoms with Crippen LogP contribution in [0.4, 0.5) is 0 Å². The van der Waals surface area contributed by atoms with Crippen LogP contribution in [0.2, 0.25) is 0 Å². The van der Waals surface area contributed by atoms with Crippen LogP contribution in [-0.4, -0.2) is 108 Å². The molecule has 4 aliphatic rings. The Balaban J connectivity index is 1.57. The number of aliphatic hydroxyl groups excluding tert-OH is 1. The molecule has 26 heavy (non-hydrogen) atoms. The fourth-order valence-electron chi connectivity index (χ4n) is 4.77. The van der Waals surface area contributed by atoms with Crippen molar-refractivity contribution in [2.45, 2.75) is 43.0 Å². The molecule has 4 aliphatic heterocycles. The first-order valence-corrected chi connectivity index (χ1v) is 9.15. The van der Waals surface area contributed by atoms with E-state index in [1.165, 1.54) is 7.11 Å². The van der Waals surface area contributed by atoms with Gasteiger partial charge < -0.3 is 14.6 Å². The molecule has 4 heterocycles. The van der Waals surface area contributed by atoms with Gasteiger partial charge in [0.05, 0.1) is 19.3 Å². The highest BCUT2D eigenvalue weighted by Crippen LogP contribution is 2.41. The molecule has 4 fully saturated rings. The number of hydrogen-bond acceptors (Lipinski definition) is 8. The molecule has 4 rings (SSSR count). The van der Waals surface area contributed by atoms with E-state index in [2.05, 4.69) is 9.64 Å². The quantitative estimate of drug-likeness (QED) is 0.461. The Morgan fingerprint density at radius 1 is 1.31 bits per heavy atom.